The summed E-state index contributed by atoms with van der Waals surface area (Å²) in [5.74, 6) is 1.71. The quantitative estimate of drug-likeness (QED) is 0.798. The van der Waals surface area contributed by atoms with Crippen molar-refractivity contribution in [2.45, 2.75) is 32.9 Å². The second-order valence-corrected chi connectivity index (χ2v) is 5.83. The predicted molar refractivity (Wildman–Crippen MR) is 76.9 cm³/mol. The molecule has 4 nitrogen and oxygen atoms in total. The lowest BCUT2D eigenvalue weighted by Crippen LogP contribution is -2.40. The molecule has 0 atom stereocenters. The summed E-state index contributed by atoms with van der Waals surface area (Å²) in [6.07, 6.45) is 0. The molecule has 0 bridgehead atoms. The van der Waals surface area contributed by atoms with Gasteiger partial charge < -0.3 is 20.1 Å². The molecule has 1 aromatic carbocycles. The van der Waals surface area contributed by atoms with Crippen LogP contribution in [-0.2, 0) is 6.54 Å². The summed E-state index contributed by atoms with van der Waals surface area (Å²) in [4.78, 5) is 0. The van der Waals surface area contributed by atoms with Crippen LogP contribution in [0.5, 0.6) is 11.5 Å². The average Bonchev–Trinajstić information content (AvgIpc) is 2.37. The van der Waals surface area contributed by atoms with Crippen LogP contribution < -0.4 is 20.1 Å². The van der Waals surface area contributed by atoms with E-state index in [-0.39, 0.29) is 5.54 Å². The molecule has 0 spiro atoms. The van der Waals surface area contributed by atoms with Crippen LogP contribution in [0.2, 0.25) is 0 Å². The van der Waals surface area contributed by atoms with Gasteiger partial charge in [-0.3, -0.25) is 0 Å². The zero-order chi connectivity index (χ0) is 13.7. The third-order valence-corrected chi connectivity index (χ3v) is 2.89. The van der Waals surface area contributed by atoms with Crippen molar-refractivity contribution in [3.63, 3.8) is 0 Å². The van der Waals surface area contributed by atoms with Gasteiger partial charge in [0.05, 0.1) is 0 Å². The fraction of sp³-hybridized carbons (Fsp3) is 0.600. The highest BCUT2D eigenvalue weighted by Crippen LogP contribution is 2.30. The normalized spacial score (nSPS) is 14.5. The van der Waals surface area contributed by atoms with E-state index in [4.69, 9.17) is 9.47 Å². The maximum absolute atomic E-state index is 5.57. The molecule has 0 saturated carbocycles. The Morgan fingerprint density at radius 2 is 1.79 bits per heavy atom. The molecular formula is C15H24N2O2. The van der Waals surface area contributed by atoms with Crippen LogP contribution in [-0.4, -0.2) is 31.8 Å². The lowest BCUT2D eigenvalue weighted by atomic mass is 10.1. The van der Waals surface area contributed by atoms with Gasteiger partial charge in [-0.15, -0.1) is 0 Å². The number of ether oxygens (including phenoxy) is 2. The summed E-state index contributed by atoms with van der Waals surface area (Å²) in [5, 5.41) is 6.87. The first kappa shape index (κ1) is 14.2. The van der Waals surface area contributed by atoms with Crippen molar-refractivity contribution < 1.29 is 9.47 Å². The van der Waals surface area contributed by atoms with E-state index in [2.05, 4.69) is 43.5 Å². The van der Waals surface area contributed by atoms with E-state index in [9.17, 15) is 0 Å². The van der Waals surface area contributed by atoms with Crippen molar-refractivity contribution in [2.75, 3.05) is 26.3 Å². The van der Waals surface area contributed by atoms with Gasteiger partial charge in [0.25, 0.3) is 0 Å². The standard InChI is InChI=1S/C15H24N2O2/c1-15(2,3)17-7-6-16-11-12-4-5-13-14(10-12)19-9-8-18-13/h4-5,10,16-17H,6-9,11H2,1-3H3. The molecule has 2 rings (SSSR count). The Morgan fingerprint density at radius 3 is 2.53 bits per heavy atom. The summed E-state index contributed by atoms with van der Waals surface area (Å²) in [5.41, 5.74) is 1.40. The van der Waals surface area contributed by atoms with E-state index < -0.39 is 0 Å². The van der Waals surface area contributed by atoms with Crippen molar-refractivity contribution >= 4 is 0 Å². The number of fused-ring (bicyclic) bond motifs is 1. The second kappa shape index (κ2) is 6.26. The zero-order valence-corrected chi connectivity index (χ0v) is 12.1. The zero-order valence-electron chi connectivity index (χ0n) is 12.1. The maximum Gasteiger partial charge on any atom is 0.161 e. The molecular weight excluding hydrogens is 240 g/mol. The number of hydrogen-bond donors (Lipinski definition) is 2. The van der Waals surface area contributed by atoms with Crippen LogP contribution in [0, 0.1) is 0 Å². The van der Waals surface area contributed by atoms with Crippen LogP contribution in [0.1, 0.15) is 26.3 Å². The number of hydrogen-bond acceptors (Lipinski definition) is 4. The minimum atomic E-state index is 0.179. The van der Waals surface area contributed by atoms with Crippen LogP contribution >= 0.6 is 0 Å². The molecule has 2 N–H and O–H groups in total. The summed E-state index contributed by atoms with van der Waals surface area (Å²) in [6, 6.07) is 6.12. The van der Waals surface area contributed by atoms with Crippen molar-refractivity contribution in [1.82, 2.24) is 10.6 Å². The van der Waals surface area contributed by atoms with Gasteiger partial charge in [-0.2, -0.15) is 0 Å². The summed E-state index contributed by atoms with van der Waals surface area (Å²) < 4.78 is 11.1. The molecule has 1 aliphatic rings. The van der Waals surface area contributed by atoms with Crippen LogP contribution in [0.3, 0.4) is 0 Å². The Hall–Kier alpha value is -1.26. The Bertz CT molecular complexity index is 413. The molecule has 1 heterocycles. The minimum Gasteiger partial charge on any atom is -0.486 e. The lowest BCUT2D eigenvalue weighted by Gasteiger charge is -2.21. The molecule has 0 radical (unpaired) electrons. The monoisotopic (exact) mass is 264 g/mol. The summed E-state index contributed by atoms with van der Waals surface area (Å²) in [7, 11) is 0. The SMILES string of the molecule is CC(C)(C)NCCNCc1ccc2c(c1)OCCO2. The first-order chi connectivity index (χ1) is 9.04. The summed E-state index contributed by atoms with van der Waals surface area (Å²) >= 11 is 0. The fourth-order valence-corrected chi connectivity index (χ4v) is 1.96. The molecule has 4 heteroatoms. The largest absolute Gasteiger partial charge is 0.486 e. The Labute approximate surface area is 115 Å². The van der Waals surface area contributed by atoms with Crippen LogP contribution in [0.25, 0.3) is 0 Å². The van der Waals surface area contributed by atoms with E-state index in [1.54, 1.807) is 0 Å². The minimum absolute atomic E-state index is 0.179. The van der Waals surface area contributed by atoms with E-state index in [1.807, 2.05) is 6.07 Å². The average molecular weight is 264 g/mol. The van der Waals surface area contributed by atoms with Crippen molar-refractivity contribution in [3.05, 3.63) is 23.8 Å². The highest BCUT2D eigenvalue weighted by molar-refractivity contribution is 5.43. The Balaban J connectivity index is 1.74. The number of benzene rings is 1. The van der Waals surface area contributed by atoms with E-state index in [1.165, 1.54) is 5.56 Å². The highest BCUT2D eigenvalue weighted by atomic mass is 16.6. The van der Waals surface area contributed by atoms with Gasteiger partial charge in [0.2, 0.25) is 0 Å². The van der Waals surface area contributed by atoms with E-state index >= 15 is 0 Å². The molecule has 19 heavy (non-hydrogen) atoms. The maximum atomic E-state index is 5.57. The third-order valence-electron chi connectivity index (χ3n) is 2.89. The van der Waals surface area contributed by atoms with Crippen LogP contribution in [0.15, 0.2) is 18.2 Å². The highest BCUT2D eigenvalue weighted by Gasteiger charge is 2.11. The molecule has 0 fully saturated rings. The number of nitrogens with one attached hydrogen (secondary N) is 2. The molecule has 0 unspecified atom stereocenters. The van der Waals surface area contributed by atoms with Crippen molar-refractivity contribution in [1.29, 1.82) is 0 Å². The Morgan fingerprint density at radius 1 is 1.05 bits per heavy atom. The fourth-order valence-electron chi connectivity index (χ4n) is 1.96. The molecule has 0 aliphatic carbocycles. The molecule has 0 aromatic heterocycles. The third kappa shape index (κ3) is 4.73. The van der Waals surface area contributed by atoms with Gasteiger partial charge in [0, 0.05) is 25.2 Å². The molecule has 1 aromatic rings. The van der Waals surface area contributed by atoms with Gasteiger partial charge >= 0.3 is 0 Å². The molecule has 0 amide bonds. The van der Waals surface area contributed by atoms with Gasteiger partial charge in [-0.05, 0) is 38.5 Å². The van der Waals surface area contributed by atoms with E-state index in [0.29, 0.717) is 13.2 Å². The smallest absolute Gasteiger partial charge is 0.161 e. The predicted octanol–water partition coefficient (Wildman–Crippen LogP) is 1.94. The molecule has 106 valence electrons. The van der Waals surface area contributed by atoms with Crippen molar-refractivity contribution in [3.8, 4) is 11.5 Å². The van der Waals surface area contributed by atoms with Gasteiger partial charge in [-0.25, -0.2) is 0 Å². The summed E-state index contributed by atoms with van der Waals surface area (Å²) in [6.45, 7) is 10.6. The van der Waals surface area contributed by atoms with Gasteiger partial charge in [0.1, 0.15) is 13.2 Å². The van der Waals surface area contributed by atoms with Gasteiger partial charge in [-0.1, -0.05) is 6.07 Å². The first-order valence-corrected chi connectivity index (χ1v) is 6.89. The van der Waals surface area contributed by atoms with E-state index in [0.717, 1.165) is 31.1 Å². The second-order valence-electron chi connectivity index (χ2n) is 5.83. The Kier molecular flexibility index (Phi) is 4.66. The lowest BCUT2D eigenvalue weighted by molar-refractivity contribution is 0.171. The first-order valence-electron chi connectivity index (χ1n) is 6.89. The van der Waals surface area contributed by atoms with Gasteiger partial charge in [0.15, 0.2) is 11.5 Å². The molecule has 1 aliphatic heterocycles. The number of rotatable bonds is 5. The van der Waals surface area contributed by atoms with Crippen molar-refractivity contribution in [2.24, 2.45) is 0 Å². The topological polar surface area (TPSA) is 42.5 Å². The molecule has 0 saturated heterocycles. The van der Waals surface area contributed by atoms with Crippen LogP contribution in [0.4, 0.5) is 0 Å².